The minimum atomic E-state index is 0.799. The number of rotatable bonds is 9. The lowest BCUT2D eigenvalue weighted by Crippen LogP contribution is -2.21. The van der Waals surface area contributed by atoms with Gasteiger partial charge in [0.1, 0.15) is 0 Å². The van der Waals surface area contributed by atoms with Gasteiger partial charge in [-0.05, 0) is 74.2 Å². The molecule has 0 nitrogen and oxygen atoms in total. The number of hydrogen-bond donors (Lipinski definition) is 0. The summed E-state index contributed by atoms with van der Waals surface area (Å²) in [6.07, 6.45) is 40.6. The van der Waals surface area contributed by atoms with Crippen molar-refractivity contribution in [1.82, 2.24) is 0 Å². The van der Waals surface area contributed by atoms with E-state index in [-0.39, 0.29) is 0 Å². The molecule has 0 aromatic rings. The van der Waals surface area contributed by atoms with Gasteiger partial charge in [-0.2, -0.15) is 0 Å². The van der Waals surface area contributed by atoms with E-state index in [1.54, 1.807) is 17.2 Å². The third kappa shape index (κ3) is 6.46. The number of hydrogen-bond acceptors (Lipinski definition) is 0. The van der Waals surface area contributed by atoms with Gasteiger partial charge in [0, 0.05) is 0 Å². The maximum absolute atomic E-state index is 3.61. The third-order valence-electron chi connectivity index (χ3n) is 6.81. The van der Waals surface area contributed by atoms with Crippen LogP contribution in [0, 0.1) is 23.7 Å². The summed E-state index contributed by atoms with van der Waals surface area (Å²) < 4.78 is 0. The van der Waals surface area contributed by atoms with Crippen molar-refractivity contribution in [3.05, 3.63) is 96.7 Å². The molecule has 1 saturated carbocycles. The molecule has 4 aliphatic carbocycles. The van der Waals surface area contributed by atoms with Crippen LogP contribution in [0.4, 0.5) is 0 Å². The number of allylic oxidation sites excluding steroid dienone is 15. The van der Waals surface area contributed by atoms with Crippen LogP contribution in [0.5, 0.6) is 0 Å². The van der Waals surface area contributed by atoms with Crippen molar-refractivity contribution in [3.8, 4) is 0 Å². The SMILES string of the molecule is C1=CCC2CC3C(=CC2=C1)C1C=CC3C1.C=CC=CC=CCCCC=CCCCC. The molecule has 0 saturated heterocycles. The molecule has 1 fully saturated rings. The Labute approximate surface area is 185 Å². The maximum atomic E-state index is 3.61. The molecule has 4 unspecified atom stereocenters. The fourth-order valence-electron chi connectivity index (χ4n) is 5.14. The smallest absolute Gasteiger partial charge is 0.00111 e. The molecule has 4 aliphatic rings. The standard InChI is InChI=1S/C15H16.C15H24/c1-2-4-11-9-15-13-6-5-12(7-13)14(15)8-10(11)3-1;1-3-5-7-9-11-13-15-14-12-10-8-6-4-2/h1-3,5-6,8,11-13,15H,4,7,9H2;3,5,7,9-12H,1,4,6,8,13-15H2,2H3. The van der Waals surface area contributed by atoms with Crippen LogP contribution in [-0.4, -0.2) is 0 Å². The molecule has 0 heterocycles. The Kier molecular flexibility index (Phi) is 9.48. The minimum Gasteiger partial charge on any atom is -0.0991 e. The zero-order valence-electron chi connectivity index (χ0n) is 18.9. The van der Waals surface area contributed by atoms with E-state index in [1.165, 1.54) is 57.8 Å². The second-order valence-corrected chi connectivity index (χ2v) is 9.00. The summed E-state index contributed by atoms with van der Waals surface area (Å²) in [5, 5.41) is 0. The van der Waals surface area contributed by atoms with Crippen LogP contribution in [-0.2, 0) is 0 Å². The Morgan fingerprint density at radius 1 is 0.967 bits per heavy atom. The van der Waals surface area contributed by atoms with Gasteiger partial charge in [-0.1, -0.05) is 111 Å². The van der Waals surface area contributed by atoms with Gasteiger partial charge in [0.15, 0.2) is 0 Å². The van der Waals surface area contributed by atoms with Crippen molar-refractivity contribution < 1.29 is 0 Å². The van der Waals surface area contributed by atoms with Gasteiger partial charge in [0.2, 0.25) is 0 Å². The Morgan fingerprint density at radius 2 is 1.80 bits per heavy atom. The third-order valence-corrected chi connectivity index (χ3v) is 6.81. The summed E-state index contributed by atoms with van der Waals surface area (Å²) in [4.78, 5) is 0. The van der Waals surface area contributed by atoms with Crippen LogP contribution < -0.4 is 0 Å². The molecule has 0 N–H and O–H groups in total. The minimum absolute atomic E-state index is 0.799. The Bertz CT molecular complexity index is 749. The highest BCUT2D eigenvalue weighted by molar-refractivity contribution is 5.43. The molecule has 4 rings (SSSR count). The topological polar surface area (TPSA) is 0 Å². The van der Waals surface area contributed by atoms with Crippen molar-refractivity contribution >= 4 is 0 Å². The largest absolute Gasteiger partial charge is 0.0991 e. The van der Waals surface area contributed by atoms with Crippen LogP contribution in [0.25, 0.3) is 0 Å². The highest BCUT2D eigenvalue weighted by atomic mass is 14.5. The zero-order valence-corrected chi connectivity index (χ0v) is 18.9. The van der Waals surface area contributed by atoms with E-state index >= 15 is 0 Å². The summed E-state index contributed by atoms with van der Waals surface area (Å²) in [5.74, 6) is 3.41. The fourth-order valence-corrected chi connectivity index (χ4v) is 5.14. The predicted molar refractivity (Wildman–Crippen MR) is 133 cm³/mol. The average Bonchev–Trinajstić information content (AvgIpc) is 3.39. The number of unbranched alkanes of at least 4 members (excludes halogenated alkanes) is 4. The van der Waals surface area contributed by atoms with Crippen LogP contribution in [0.2, 0.25) is 0 Å². The van der Waals surface area contributed by atoms with E-state index in [0.717, 1.165) is 23.7 Å². The lowest BCUT2D eigenvalue weighted by atomic mass is 9.72. The molecule has 0 aromatic carbocycles. The summed E-state index contributed by atoms with van der Waals surface area (Å²) in [6.45, 7) is 5.85. The normalized spacial score (nSPS) is 28.4. The monoisotopic (exact) mass is 400 g/mol. The van der Waals surface area contributed by atoms with E-state index in [1.807, 2.05) is 12.2 Å². The van der Waals surface area contributed by atoms with Crippen molar-refractivity contribution in [2.45, 2.75) is 64.7 Å². The average molecular weight is 401 g/mol. The number of fused-ring (bicyclic) bond motifs is 6. The van der Waals surface area contributed by atoms with Crippen LogP contribution in [0.1, 0.15) is 64.7 Å². The van der Waals surface area contributed by atoms with Gasteiger partial charge in [-0.15, -0.1) is 0 Å². The first kappa shape index (κ1) is 22.6. The second-order valence-electron chi connectivity index (χ2n) is 9.00. The molecule has 0 aromatic heterocycles. The van der Waals surface area contributed by atoms with Gasteiger partial charge in [-0.25, -0.2) is 0 Å². The quantitative estimate of drug-likeness (QED) is 0.206. The molecule has 0 amide bonds. The lowest BCUT2D eigenvalue weighted by molar-refractivity contribution is 0.392. The lowest BCUT2D eigenvalue weighted by Gasteiger charge is -2.33. The molecular weight excluding hydrogens is 360 g/mol. The van der Waals surface area contributed by atoms with Gasteiger partial charge in [0.05, 0.1) is 0 Å². The first-order valence-corrected chi connectivity index (χ1v) is 12.2. The van der Waals surface area contributed by atoms with Crippen LogP contribution in [0.3, 0.4) is 0 Å². The Morgan fingerprint density at radius 3 is 2.63 bits per heavy atom. The van der Waals surface area contributed by atoms with Crippen molar-refractivity contribution in [2.24, 2.45) is 23.7 Å². The first-order chi connectivity index (χ1) is 14.8. The molecule has 0 aliphatic heterocycles. The molecule has 0 heteroatoms. The zero-order chi connectivity index (χ0) is 21.0. The predicted octanol–water partition coefficient (Wildman–Crippen LogP) is 8.84. The first-order valence-electron chi connectivity index (χ1n) is 12.2. The Hall–Kier alpha value is -2.08. The van der Waals surface area contributed by atoms with Crippen LogP contribution >= 0.6 is 0 Å². The van der Waals surface area contributed by atoms with E-state index < -0.39 is 0 Å². The molecule has 4 atom stereocenters. The van der Waals surface area contributed by atoms with Gasteiger partial charge in [0.25, 0.3) is 0 Å². The molecule has 0 spiro atoms. The van der Waals surface area contributed by atoms with E-state index in [4.69, 9.17) is 0 Å². The van der Waals surface area contributed by atoms with Gasteiger partial charge in [-0.3, -0.25) is 0 Å². The fraction of sp³-hybridized carbons (Fsp3) is 0.467. The molecular formula is C30H40. The molecule has 30 heavy (non-hydrogen) atoms. The second kappa shape index (κ2) is 12.6. The van der Waals surface area contributed by atoms with E-state index in [2.05, 4.69) is 74.3 Å². The summed E-state index contributed by atoms with van der Waals surface area (Å²) in [6, 6.07) is 0. The molecule has 160 valence electrons. The summed E-state index contributed by atoms with van der Waals surface area (Å²) >= 11 is 0. The van der Waals surface area contributed by atoms with E-state index in [9.17, 15) is 0 Å². The molecule has 2 bridgehead atoms. The van der Waals surface area contributed by atoms with Crippen molar-refractivity contribution in [2.75, 3.05) is 0 Å². The Balaban J connectivity index is 0.000000171. The van der Waals surface area contributed by atoms with Crippen molar-refractivity contribution in [3.63, 3.8) is 0 Å². The van der Waals surface area contributed by atoms with E-state index in [0.29, 0.717) is 0 Å². The highest BCUT2D eigenvalue weighted by Crippen LogP contribution is 2.54. The van der Waals surface area contributed by atoms with Crippen LogP contribution in [0.15, 0.2) is 96.7 Å². The molecule has 0 radical (unpaired) electrons. The van der Waals surface area contributed by atoms with Gasteiger partial charge >= 0.3 is 0 Å². The maximum Gasteiger partial charge on any atom is -0.00111 e. The highest BCUT2D eigenvalue weighted by Gasteiger charge is 2.43. The summed E-state index contributed by atoms with van der Waals surface area (Å²) in [7, 11) is 0. The van der Waals surface area contributed by atoms with Gasteiger partial charge < -0.3 is 0 Å². The summed E-state index contributed by atoms with van der Waals surface area (Å²) in [5.41, 5.74) is 3.35. The van der Waals surface area contributed by atoms with Crippen molar-refractivity contribution in [1.29, 1.82) is 0 Å².